The highest BCUT2D eigenvalue weighted by Gasteiger charge is 2.18. The molecule has 3 aromatic rings. The summed E-state index contributed by atoms with van der Waals surface area (Å²) in [6.45, 7) is 0. The van der Waals surface area contributed by atoms with Crippen molar-refractivity contribution >= 4 is 21.6 Å². The number of nitrogens with zero attached hydrogens (tertiary/aromatic N) is 2. The van der Waals surface area contributed by atoms with Crippen LogP contribution < -0.4 is 5.73 Å². The number of rotatable bonds is 2. The molecule has 3 rings (SSSR count). The van der Waals surface area contributed by atoms with E-state index in [1.165, 1.54) is 36.4 Å². The third-order valence-corrected chi connectivity index (χ3v) is 3.55. The summed E-state index contributed by atoms with van der Waals surface area (Å²) in [6, 6.07) is 8.33. The van der Waals surface area contributed by atoms with Gasteiger partial charge in [0, 0.05) is 15.7 Å². The van der Waals surface area contributed by atoms with Crippen LogP contribution in [0.25, 0.3) is 22.8 Å². The van der Waals surface area contributed by atoms with Gasteiger partial charge in [-0.3, -0.25) is 0 Å². The number of aromatic nitrogens is 2. The number of halogens is 3. The Labute approximate surface area is 126 Å². The average Bonchev–Trinajstić information content (AvgIpc) is 2.90. The summed E-state index contributed by atoms with van der Waals surface area (Å²) < 4.78 is 32.8. The molecule has 0 aliphatic carbocycles. The van der Waals surface area contributed by atoms with E-state index in [-0.39, 0.29) is 23.0 Å². The minimum absolute atomic E-state index is 0.0313. The van der Waals surface area contributed by atoms with E-state index < -0.39 is 11.6 Å². The maximum Gasteiger partial charge on any atom is 0.263 e. The Kier molecular flexibility index (Phi) is 3.42. The molecule has 0 amide bonds. The molecule has 0 saturated carbocycles. The summed E-state index contributed by atoms with van der Waals surface area (Å²) in [6.07, 6.45) is 0. The Hall–Kier alpha value is -2.28. The fourth-order valence-corrected chi connectivity index (χ4v) is 2.29. The van der Waals surface area contributed by atoms with Gasteiger partial charge in [0.05, 0.1) is 5.56 Å². The summed E-state index contributed by atoms with van der Waals surface area (Å²) in [4.78, 5) is 4.08. The van der Waals surface area contributed by atoms with Gasteiger partial charge in [-0.15, -0.1) is 0 Å². The summed E-state index contributed by atoms with van der Waals surface area (Å²) in [5.74, 6) is -0.927. The molecule has 0 aliphatic heterocycles. The molecular weight excluding hydrogens is 344 g/mol. The quantitative estimate of drug-likeness (QED) is 0.708. The van der Waals surface area contributed by atoms with Gasteiger partial charge in [0.2, 0.25) is 5.82 Å². The second-order valence-electron chi connectivity index (χ2n) is 4.25. The Morgan fingerprint density at radius 2 is 1.95 bits per heavy atom. The maximum atomic E-state index is 13.8. The summed E-state index contributed by atoms with van der Waals surface area (Å²) in [5.41, 5.74) is 6.34. The van der Waals surface area contributed by atoms with Crippen molar-refractivity contribution in [2.45, 2.75) is 0 Å². The van der Waals surface area contributed by atoms with Crippen LogP contribution in [0.1, 0.15) is 0 Å². The lowest BCUT2D eigenvalue weighted by Gasteiger charge is -2.01. The first-order valence-electron chi connectivity index (χ1n) is 5.90. The van der Waals surface area contributed by atoms with E-state index in [4.69, 9.17) is 10.3 Å². The molecule has 1 aromatic heterocycles. The van der Waals surface area contributed by atoms with E-state index in [9.17, 15) is 8.78 Å². The molecule has 0 saturated heterocycles. The molecule has 0 aliphatic rings. The standard InChI is InChI=1S/C14H8BrF2N3O/c15-9-5-4-7(16)6-8(9)13-19-14(21-20-13)12-10(17)2-1-3-11(12)18/h1-6H,18H2. The van der Waals surface area contributed by atoms with E-state index in [0.29, 0.717) is 10.0 Å². The highest BCUT2D eigenvalue weighted by atomic mass is 79.9. The van der Waals surface area contributed by atoms with Crippen LogP contribution in [0.15, 0.2) is 45.4 Å². The molecule has 0 fully saturated rings. The first-order chi connectivity index (χ1) is 10.1. The molecule has 21 heavy (non-hydrogen) atoms. The van der Waals surface area contributed by atoms with Crippen molar-refractivity contribution in [2.75, 3.05) is 5.73 Å². The molecule has 0 spiro atoms. The first kappa shape index (κ1) is 13.7. The number of anilines is 1. The zero-order valence-electron chi connectivity index (χ0n) is 10.5. The Morgan fingerprint density at radius 1 is 1.14 bits per heavy atom. The second-order valence-corrected chi connectivity index (χ2v) is 5.11. The van der Waals surface area contributed by atoms with Gasteiger partial charge >= 0.3 is 0 Å². The lowest BCUT2D eigenvalue weighted by molar-refractivity contribution is 0.430. The third kappa shape index (κ3) is 2.52. The van der Waals surface area contributed by atoms with Crippen molar-refractivity contribution in [3.63, 3.8) is 0 Å². The zero-order valence-corrected chi connectivity index (χ0v) is 12.1. The summed E-state index contributed by atoms with van der Waals surface area (Å²) >= 11 is 3.27. The first-order valence-corrected chi connectivity index (χ1v) is 6.69. The Bertz CT molecular complexity index is 799. The van der Waals surface area contributed by atoms with Gasteiger partial charge in [-0.2, -0.15) is 4.98 Å². The molecule has 4 nitrogen and oxygen atoms in total. The second kappa shape index (κ2) is 5.25. The van der Waals surface area contributed by atoms with E-state index in [1.807, 2.05) is 0 Å². The van der Waals surface area contributed by atoms with Crippen molar-refractivity contribution in [1.29, 1.82) is 0 Å². The Balaban J connectivity index is 2.10. The molecular formula is C14H8BrF2N3O. The molecule has 2 N–H and O–H groups in total. The molecule has 106 valence electrons. The SMILES string of the molecule is Nc1cccc(F)c1-c1nc(-c2cc(F)ccc2Br)no1. The van der Waals surface area contributed by atoms with Crippen LogP contribution in [-0.4, -0.2) is 10.1 Å². The number of benzene rings is 2. The van der Waals surface area contributed by atoms with Crippen molar-refractivity contribution in [3.8, 4) is 22.8 Å². The van der Waals surface area contributed by atoms with Crippen molar-refractivity contribution < 1.29 is 13.3 Å². The summed E-state index contributed by atoms with van der Waals surface area (Å²) in [7, 11) is 0. The van der Waals surface area contributed by atoms with Gasteiger partial charge in [0.15, 0.2) is 0 Å². The van der Waals surface area contributed by atoms with Crippen LogP contribution in [0, 0.1) is 11.6 Å². The Morgan fingerprint density at radius 3 is 2.71 bits per heavy atom. The van der Waals surface area contributed by atoms with Crippen molar-refractivity contribution in [2.24, 2.45) is 0 Å². The van der Waals surface area contributed by atoms with Crippen LogP contribution >= 0.6 is 15.9 Å². The molecule has 2 aromatic carbocycles. The van der Waals surface area contributed by atoms with E-state index in [1.54, 1.807) is 0 Å². The van der Waals surface area contributed by atoms with Crippen LogP contribution in [-0.2, 0) is 0 Å². The van der Waals surface area contributed by atoms with E-state index in [0.717, 1.165) is 0 Å². The number of hydrogen-bond donors (Lipinski definition) is 1. The van der Waals surface area contributed by atoms with Crippen molar-refractivity contribution in [1.82, 2.24) is 10.1 Å². The number of hydrogen-bond acceptors (Lipinski definition) is 4. The zero-order chi connectivity index (χ0) is 15.0. The fourth-order valence-electron chi connectivity index (χ4n) is 1.87. The normalized spacial score (nSPS) is 10.8. The molecule has 0 atom stereocenters. The summed E-state index contributed by atoms with van der Waals surface area (Å²) in [5, 5.41) is 3.74. The maximum absolute atomic E-state index is 13.8. The van der Waals surface area contributed by atoms with Gasteiger partial charge in [-0.05, 0) is 30.3 Å². The molecule has 0 radical (unpaired) electrons. The topological polar surface area (TPSA) is 64.9 Å². The largest absolute Gasteiger partial charge is 0.398 e. The highest BCUT2D eigenvalue weighted by Crippen LogP contribution is 2.31. The minimum atomic E-state index is -0.566. The predicted octanol–water partition coefficient (Wildman–Crippen LogP) is 4.03. The van der Waals surface area contributed by atoms with Gasteiger partial charge in [0.1, 0.15) is 11.6 Å². The smallest absolute Gasteiger partial charge is 0.263 e. The third-order valence-electron chi connectivity index (χ3n) is 2.86. The predicted molar refractivity (Wildman–Crippen MR) is 77.2 cm³/mol. The van der Waals surface area contributed by atoms with Gasteiger partial charge in [-0.1, -0.05) is 27.2 Å². The van der Waals surface area contributed by atoms with E-state index in [2.05, 4.69) is 26.1 Å². The molecule has 7 heteroatoms. The van der Waals surface area contributed by atoms with Crippen LogP contribution in [0.3, 0.4) is 0 Å². The van der Waals surface area contributed by atoms with Gasteiger partial charge in [-0.25, -0.2) is 8.78 Å². The van der Waals surface area contributed by atoms with Crippen molar-refractivity contribution in [3.05, 3.63) is 52.5 Å². The average molecular weight is 352 g/mol. The van der Waals surface area contributed by atoms with Gasteiger partial charge < -0.3 is 10.3 Å². The fraction of sp³-hybridized carbons (Fsp3) is 0. The van der Waals surface area contributed by atoms with Gasteiger partial charge in [0.25, 0.3) is 5.89 Å². The highest BCUT2D eigenvalue weighted by molar-refractivity contribution is 9.10. The monoisotopic (exact) mass is 351 g/mol. The van der Waals surface area contributed by atoms with Crippen LogP contribution in [0.5, 0.6) is 0 Å². The molecule has 1 heterocycles. The molecule has 0 bridgehead atoms. The lowest BCUT2D eigenvalue weighted by atomic mass is 10.1. The molecule has 0 unspecified atom stereocenters. The van der Waals surface area contributed by atoms with Crippen LogP contribution in [0.2, 0.25) is 0 Å². The van der Waals surface area contributed by atoms with Crippen LogP contribution in [0.4, 0.5) is 14.5 Å². The minimum Gasteiger partial charge on any atom is -0.398 e. The number of nitrogen functional groups attached to an aromatic ring is 1. The number of nitrogens with two attached hydrogens (primary N) is 1. The van der Waals surface area contributed by atoms with E-state index >= 15 is 0 Å². The lowest BCUT2D eigenvalue weighted by Crippen LogP contribution is -1.93.